The first kappa shape index (κ1) is 19.2. The molecule has 1 aliphatic heterocycles. The first-order valence-electron chi connectivity index (χ1n) is 8.20. The highest BCUT2D eigenvalue weighted by Gasteiger charge is 2.24. The normalized spacial score (nSPS) is 19.8. The van der Waals surface area contributed by atoms with Crippen molar-refractivity contribution in [2.45, 2.75) is 31.1 Å². The smallest absolute Gasteiger partial charge is 0.244 e. The Bertz CT molecular complexity index is 645. The van der Waals surface area contributed by atoms with E-state index in [9.17, 15) is 8.42 Å². The van der Waals surface area contributed by atoms with Crippen molar-refractivity contribution in [1.82, 2.24) is 10.0 Å². The van der Waals surface area contributed by atoms with Crippen LogP contribution in [0.25, 0.3) is 0 Å². The van der Waals surface area contributed by atoms with Crippen LogP contribution in [0.5, 0.6) is 5.75 Å². The van der Waals surface area contributed by atoms with Crippen molar-refractivity contribution in [2.24, 2.45) is 5.92 Å². The second-order valence-corrected chi connectivity index (χ2v) is 8.85. The van der Waals surface area contributed by atoms with Crippen LogP contribution in [0.2, 0.25) is 0 Å². The highest BCUT2D eigenvalue weighted by molar-refractivity contribution is 7.89. The zero-order valence-electron chi connectivity index (χ0n) is 14.9. The largest absolute Gasteiger partial charge is 0.495 e. The lowest BCUT2D eigenvalue weighted by molar-refractivity contribution is 0.124. The van der Waals surface area contributed by atoms with Crippen molar-refractivity contribution < 1.29 is 17.9 Å². The Labute approximate surface area is 145 Å². The number of rotatable bonds is 5. The molecule has 1 unspecified atom stereocenters. The Morgan fingerprint density at radius 2 is 2.12 bits per heavy atom. The summed E-state index contributed by atoms with van der Waals surface area (Å²) in [5.74, 6) is 0.463. The average molecular weight is 356 g/mol. The van der Waals surface area contributed by atoms with Crippen LogP contribution in [0.15, 0.2) is 23.1 Å². The monoisotopic (exact) mass is 356 g/mol. The first-order chi connectivity index (χ1) is 11.2. The van der Waals surface area contributed by atoms with Crippen molar-refractivity contribution in [2.75, 3.05) is 40.0 Å². The number of methoxy groups -OCH3 is 1. The van der Waals surface area contributed by atoms with Gasteiger partial charge in [0.2, 0.25) is 10.0 Å². The van der Waals surface area contributed by atoms with E-state index in [0.29, 0.717) is 25.5 Å². The van der Waals surface area contributed by atoms with Crippen LogP contribution in [-0.2, 0) is 20.2 Å². The van der Waals surface area contributed by atoms with Crippen molar-refractivity contribution in [3.05, 3.63) is 23.8 Å². The molecule has 0 amide bonds. The minimum absolute atomic E-state index is 0.110. The molecule has 0 radical (unpaired) electrons. The van der Waals surface area contributed by atoms with Crippen molar-refractivity contribution in [1.29, 1.82) is 0 Å². The summed E-state index contributed by atoms with van der Waals surface area (Å²) in [4.78, 5) is 0.180. The van der Waals surface area contributed by atoms with Crippen molar-refractivity contribution >= 4 is 10.0 Å². The molecule has 24 heavy (non-hydrogen) atoms. The Morgan fingerprint density at radius 1 is 1.38 bits per heavy atom. The summed E-state index contributed by atoms with van der Waals surface area (Å²) in [5.41, 5.74) is 0.804. The molecule has 0 bridgehead atoms. The predicted octanol–water partition coefficient (Wildman–Crippen LogP) is 1.51. The van der Waals surface area contributed by atoms with Gasteiger partial charge in [-0.15, -0.1) is 0 Å². The Balaban J connectivity index is 2.20. The van der Waals surface area contributed by atoms with Crippen LogP contribution in [0, 0.1) is 5.92 Å². The highest BCUT2D eigenvalue weighted by Crippen LogP contribution is 2.30. The summed E-state index contributed by atoms with van der Waals surface area (Å²) in [7, 11) is -2.18. The van der Waals surface area contributed by atoms with E-state index in [1.54, 1.807) is 12.1 Å². The molecule has 6 nitrogen and oxygen atoms in total. The van der Waals surface area contributed by atoms with Gasteiger partial charge in [0, 0.05) is 25.6 Å². The van der Waals surface area contributed by atoms with Gasteiger partial charge in [0.15, 0.2) is 0 Å². The van der Waals surface area contributed by atoms with Gasteiger partial charge in [0.1, 0.15) is 10.6 Å². The third-order valence-electron chi connectivity index (χ3n) is 4.09. The Kier molecular flexibility index (Phi) is 6.25. The highest BCUT2D eigenvalue weighted by atomic mass is 32.2. The summed E-state index contributed by atoms with van der Waals surface area (Å²) in [6.07, 6.45) is 0. The lowest BCUT2D eigenvalue weighted by atomic mass is 9.87. The van der Waals surface area contributed by atoms with E-state index in [0.717, 1.165) is 18.7 Å². The summed E-state index contributed by atoms with van der Waals surface area (Å²) in [6, 6.07) is 5.31. The van der Waals surface area contributed by atoms with Gasteiger partial charge in [-0.05, 0) is 23.1 Å². The number of sulfonamides is 1. The maximum absolute atomic E-state index is 12.8. The summed E-state index contributed by atoms with van der Waals surface area (Å²) in [5, 5.41) is 3.24. The fraction of sp³-hybridized carbons (Fsp3) is 0.647. The fourth-order valence-electron chi connectivity index (χ4n) is 2.55. The maximum atomic E-state index is 12.8. The topological polar surface area (TPSA) is 76.7 Å². The summed E-state index contributed by atoms with van der Waals surface area (Å²) >= 11 is 0. The summed E-state index contributed by atoms with van der Waals surface area (Å²) in [6.45, 7) is 9.22. The number of hydrogen-bond donors (Lipinski definition) is 2. The minimum Gasteiger partial charge on any atom is -0.495 e. The van der Waals surface area contributed by atoms with Gasteiger partial charge in [0.05, 0.1) is 20.3 Å². The van der Waals surface area contributed by atoms with E-state index in [1.807, 2.05) is 26.8 Å². The van der Waals surface area contributed by atoms with Crippen molar-refractivity contribution in [3.8, 4) is 5.75 Å². The molecular weight excluding hydrogens is 328 g/mol. The Morgan fingerprint density at radius 3 is 2.79 bits per heavy atom. The van der Waals surface area contributed by atoms with Crippen LogP contribution in [0.4, 0.5) is 0 Å². The fourth-order valence-corrected chi connectivity index (χ4v) is 3.86. The molecule has 7 heteroatoms. The zero-order chi connectivity index (χ0) is 17.8. The van der Waals surface area contributed by atoms with Crippen molar-refractivity contribution in [3.63, 3.8) is 0 Å². The van der Waals surface area contributed by atoms with Gasteiger partial charge >= 0.3 is 0 Å². The molecule has 1 saturated heterocycles. The first-order valence-corrected chi connectivity index (χ1v) is 9.69. The predicted molar refractivity (Wildman–Crippen MR) is 94.1 cm³/mol. The zero-order valence-corrected chi connectivity index (χ0v) is 15.7. The lowest BCUT2D eigenvalue weighted by Gasteiger charge is -2.21. The van der Waals surface area contributed by atoms with E-state index in [4.69, 9.17) is 9.47 Å². The number of ether oxygens (including phenoxy) is 2. The standard InChI is InChI=1S/C17H28N2O4S/c1-17(2,3)14-5-6-15(22-4)16(9-14)24(20,21)19-11-13-10-18-7-8-23-12-13/h5-6,9,13,18-19H,7-8,10-12H2,1-4H3. The molecule has 0 saturated carbocycles. The van der Waals surface area contributed by atoms with Crippen LogP contribution < -0.4 is 14.8 Å². The molecule has 0 aromatic heterocycles. The maximum Gasteiger partial charge on any atom is 0.244 e. The van der Waals surface area contributed by atoms with Gasteiger partial charge in [-0.1, -0.05) is 26.8 Å². The average Bonchev–Trinajstić information content (AvgIpc) is 2.80. The second-order valence-electron chi connectivity index (χ2n) is 7.11. The molecule has 2 rings (SSSR count). The molecule has 1 heterocycles. The van der Waals surface area contributed by atoms with Gasteiger partial charge in [-0.2, -0.15) is 0 Å². The summed E-state index contributed by atoms with van der Waals surface area (Å²) < 4.78 is 39.0. The molecule has 1 aliphatic rings. The SMILES string of the molecule is COc1ccc(C(C)(C)C)cc1S(=O)(=O)NCC1CNCCOC1. The van der Waals surface area contributed by atoms with E-state index >= 15 is 0 Å². The van der Waals surface area contributed by atoms with Crippen LogP contribution in [-0.4, -0.2) is 48.4 Å². The minimum atomic E-state index is -3.66. The quantitative estimate of drug-likeness (QED) is 0.836. The van der Waals surface area contributed by atoms with Gasteiger partial charge in [0.25, 0.3) is 0 Å². The van der Waals surface area contributed by atoms with Crippen LogP contribution in [0.1, 0.15) is 26.3 Å². The van der Waals surface area contributed by atoms with E-state index < -0.39 is 10.0 Å². The molecule has 2 N–H and O–H groups in total. The Hall–Kier alpha value is -1.15. The van der Waals surface area contributed by atoms with E-state index in [2.05, 4.69) is 10.0 Å². The van der Waals surface area contributed by atoms with E-state index in [1.165, 1.54) is 7.11 Å². The molecule has 1 atom stereocenters. The number of hydrogen-bond acceptors (Lipinski definition) is 5. The molecule has 0 aliphatic carbocycles. The molecule has 1 aromatic rings. The van der Waals surface area contributed by atoms with Gasteiger partial charge in [-0.25, -0.2) is 13.1 Å². The van der Waals surface area contributed by atoms with Gasteiger partial charge in [-0.3, -0.25) is 0 Å². The number of benzene rings is 1. The number of nitrogens with one attached hydrogen (secondary N) is 2. The van der Waals surface area contributed by atoms with E-state index in [-0.39, 0.29) is 16.2 Å². The second kappa shape index (κ2) is 7.82. The third kappa shape index (κ3) is 4.92. The molecule has 1 fully saturated rings. The van der Waals surface area contributed by atoms with Crippen LogP contribution in [0.3, 0.4) is 0 Å². The lowest BCUT2D eigenvalue weighted by Crippen LogP contribution is -2.35. The van der Waals surface area contributed by atoms with Gasteiger partial charge < -0.3 is 14.8 Å². The third-order valence-corrected chi connectivity index (χ3v) is 5.54. The molecule has 136 valence electrons. The molecule has 0 spiro atoms. The molecule has 1 aromatic carbocycles. The van der Waals surface area contributed by atoms with Crippen LogP contribution >= 0.6 is 0 Å². The molecular formula is C17H28N2O4S.